The van der Waals surface area contributed by atoms with Crippen LogP contribution in [0.5, 0.6) is 0 Å². The van der Waals surface area contributed by atoms with Gasteiger partial charge in [0.25, 0.3) is 0 Å². The second kappa shape index (κ2) is 9.46. The molecule has 1 fully saturated rings. The van der Waals surface area contributed by atoms with E-state index in [9.17, 15) is 14.0 Å². The van der Waals surface area contributed by atoms with E-state index < -0.39 is 0 Å². The van der Waals surface area contributed by atoms with Crippen molar-refractivity contribution in [2.24, 2.45) is 5.92 Å². The monoisotopic (exact) mass is 384 g/mol. The van der Waals surface area contributed by atoms with E-state index in [2.05, 4.69) is 10.2 Å². The Kier molecular flexibility index (Phi) is 6.76. The SMILES string of the molecule is CCOC(=O)c1ccc(NC(=O)[C@@H]2CCCN(Cc3ccc(F)cc3)C2)cc1. The Balaban J connectivity index is 1.55. The molecular weight excluding hydrogens is 359 g/mol. The van der Waals surface area contributed by atoms with Crippen molar-refractivity contribution >= 4 is 17.6 Å². The fourth-order valence-corrected chi connectivity index (χ4v) is 3.41. The van der Waals surface area contributed by atoms with Gasteiger partial charge in [0.2, 0.25) is 5.91 Å². The number of carbonyl (C=O) groups excluding carboxylic acids is 2. The summed E-state index contributed by atoms with van der Waals surface area (Å²) >= 11 is 0. The van der Waals surface area contributed by atoms with Gasteiger partial charge in [0.05, 0.1) is 18.1 Å². The van der Waals surface area contributed by atoms with Gasteiger partial charge in [0.1, 0.15) is 5.82 Å². The van der Waals surface area contributed by atoms with Crippen LogP contribution in [0.15, 0.2) is 48.5 Å². The third kappa shape index (κ3) is 5.39. The number of hydrogen-bond donors (Lipinski definition) is 1. The van der Waals surface area contributed by atoms with Crippen LogP contribution in [0.2, 0.25) is 0 Å². The normalized spacial score (nSPS) is 17.1. The average molecular weight is 384 g/mol. The number of carbonyl (C=O) groups is 2. The Morgan fingerprint density at radius 1 is 1.14 bits per heavy atom. The zero-order chi connectivity index (χ0) is 19.9. The molecule has 1 N–H and O–H groups in total. The number of hydrogen-bond acceptors (Lipinski definition) is 4. The quantitative estimate of drug-likeness (QED) is 0.769. The minimum absolute atomic E-state index is 0.0207. The Morgan fingerprint density at radius 3 is 2.54 bits per heavy atom. The number of anilines is 1. The van der Waals surface area contributed by atoms with Gasteiger partial charge in [-0.15, -0.1) is 0 Å². The number of nitrogens with one attached hydrogen (secondary N) is 1. The number of rotatable bonds is 6. The lowest BCUT2D eigenvalue weighted by molar-refractivity contribution is -0.121. The van der Waals surface area contributed by atoms with Crippen LogP contribution in [0, 0.1) is 11.7 Å². The summed E-state index contributed by atoms with van der Waals surface area (Å²) < 4.78 is 18.0. The van der Waals surface area contributed by atoms with Gasteiger partial charge in [0.15, 0.2) is 0 Å². The molecule has 0 spiro atoms. The van der Waals surface area contributed by atoms with Crippen LogP contribution in [0.1, 0.15) is 35.7 Å². The molecule has 1 aliphatic heterocycles. The standard InChI is InChI=1S/C22H25FN2O3/c1-2-28-22(27)17-7-11-20(12-8-17)24-21(26)18-4-3-13-25(15-18)14-16-5-9-19(23)10-6-16/h5-12,18H,2-4,13-15H2,1H3,(H,24,26)/t18-/m1/s1. The van der Waals surface area contributed by atoms with E-state index >= 15 is 0 Å². The first-order valence-electron chi connectivity index (χ1n) is 9.60. The van der Waals surface area contributed by atoms with Crippen molar-refractivity contribution < 1.29 is 18.7 Å². The maximum atomic E-state index is 13.1. The summed E-state index contributed by atoms with van der Waals surface area (Å²) in [5, 5.41) is 2.93. The molecular formula is C22H25FN2O3. The number of halogens is 1. The molecule has 28 heavy (non-hydrogen) atoms. The lowest BCUT2D eigenvalue weighted by Gasteiger charge is -2.32. The summed E-state index contributed by atoms with van der Waals surface area (Å²) in [5.41, 5.74) is 2.16. The summed E-state index contributed by atoms with van der Waals surface area (Å²) in [4.78, 5) is 26.6. The fourth-order valence-electron chi connectivity index (χ4n) is 3.41. The molecule has 0 bridgehead atoms. The Morgan fingerprint density at radius 2 is 1.86 bits per heavy atom. The topological polar surface area (TPSA) is 58.6 Å². The molecule has 5 nitrogen and oxygen atoms in total. The van der Waals surface area contributed by atoms with Crippen molar-refractivity contribution in [3.8, 4) is 0 Å². The van der Waals surface area contributed by atoms with Gasteiger partial charge >= 0.3 is 5.97 Å². The number of esters is 1. The molecule has 0 unspecified atom stereocenters. The van der Waals surface area contributed by atoms with Gasteiger partial charge in [-0.25, -0.2) is 9.18 Å². The molecule has 1 amide bonds. The molecule has 1 heterocycles. The van der Waals surface area contributed by atoms with Crippen molar-refractivity contribution in [1.29, 1.82) is 0 Å². The molecule has 0 radical (unpaired) electrons. The van der Waals surface area contributed by atoms with Crippen LogP contribution in [0.25, 0.3) is 0 Å². The van der Waals surface area contributed by atoms with E-state index in [1.54, 1.807) is 43.3 Å². The van der Waals surface area contributed by atoms with Gasteiger partial charge in [-0.05, 0) is 68.3 Å². The Hall–Kier alpha value is -2.73. The zero-order valence-corrected chi connectivity index (χ0v) is 16.0. The number of benzene rings is 2. The highest BCUT2D eigenvalue weighted by Gasteiger charge is 2.26. The maximum absolute atomic E-state index is 13.1. The van der Waals surface area contributed by atoms with Crippen molar-refractivity contribution in [1.82, 2.24) is 4.90 Å². The second-order valence-corrected chi connectivity index (χ2v) is 6.99. The number of piperidine rings is 1. The second-order valence-electron chi connectivity index (χ2n) is 6.99. The minimum Gasteiger partial charge on any atom is -0.462 e. The van der Waals surface area contributed by atoms with Crippen molar-refractivity contribution in [3.63, 3.8) is 0 Å². The molecule has 1 aliphatic rings. The highest BCUT2D eigenvalue weighted by atomic mass is 19.1. The largest absolute Gasteiger partial charge is 0.462 e. The first-order chi connectivity index (χ1) is 13.5. The molecule has 1 atom stereocenters. The number of amides is 1. The van der Waals surface area contributed by atoms with E-state index in [0.29, 0.717) is 30.9 Å². The van der Waals surface area contributed by atoms with Crippen molar-refractivity contribution in [2.45, 2.75) is 26.3 Å². The third-order valence-electron chi connectivity index (χ3n) is 4.86. The Bertz CT molecular complexity index is 806. The predicted octanol–water partition coefficient (Wildman–Crippen LogP) is 3.85. The lowest BCUT2D eigenvalue weighted by atomic mass is 9.96. The summed E-state index contributed by atoms with van der Waals surface area (Å²) in [7, 11) is 0. The van der Waals surface area contributed by atoms with E-state index in [0.717, 1.165) is 24.9 Å². The summed E-state index contributed by atoms with van der Waals surface area (Å²) in [6.07, 6.45) is 1.79. The molecule has 1 saturated heterocycles. The molecule has 3 rings (SSSR count). The molecule has 0 saturated carbocycles. The van der Waals surface area contributed by atoms with Crippen LogP contribution in [0.3, 0.4) is 0 Å². The molecule has 0 aromatic heterocycles. The van der Waals surface area contributed by atoms with Gasteiger partial charge in [-0.3, -0.25) is 9.69 Å². The number of likely N-dealkylation sites (tertiary alicyclic amines) is 1. The van der Waals surface area contributed by atoms with E-state index in [4.69, 9.17) is 4.74 Å². The highest BCUT2D eigenvalue weighted by Crippen LogP contribution is 2.21. The maximum Gasteiger partial charge on any atom is 0.338 e. The Labute approximate surface area is 164 Å². The van der Waals surface area contributed by atoms with Crippen molar-refractivity contribution in [3.05, 3.63) is 65.5 Å². The minimum atomic E-state index is -0.371. The van der Waals surface area contributed by atoms with Crippen LogP contribution in [-0.4, -0.2) is 36.5 Å². The van der Waals surface area contributed by atoms with Gasteiger partial charge in [0, 0.05) is 18.8 Å². The first-order valence-corrected chi connectivity index (χ1v) is 9.60. The third-order valence-corrected chi connectivity index (χ3v) is 4.86. The number of ether oxygens (including phenoxy) is 1. The van der Waals surface area contributed by atoms with Crippen LogP contribution in [0.4, 0.5) is 10.1 Å². The van der Waals surface area contributed by atoms with Crippen LogP contribution < -0.4 is 5.32 Å². The lowest BCUT2D eigenvalue weighted by Crippen LogP contribution is -2.40. The first kappa shape index (κ1) is 20.0. The molecule has 6 heteroatoms. The number of nitrogens with zero attached hydrogens (tertiary/aromatic N) is 1. The fraction of sp³-hybridized carbons (Fsp3) is 0.364. The van der Waals surface area contributed by atoms with Crippen LogP contribution in [-0.2, 0) is 16.1 Å². The highest BCUT2D eigenvalue weighted by molar-refractivity contribution is 5.94. The predicted molar refractivity (Wildman–Crippen MR) is 105 cm³/mol. The van der Waals surface area contributed by atoms with E-state index in [1.165, 1.54) is 12.1 Å². The average Bonchev–Trinajstić information content (AvgIpc) is 2.71. The summed E-state index contributed by atoms with van der Waals surface area (Å²) in [6.45, 7) is 4.39. The smallest absolute Gasteiger partial charge is 0.338 e. The van der Waals surface area contributed by atoms with Gasteiger partial charge in [-0.1, -0.05) is 12.1 Å². The summed E-state index contributed by atoms with van der Waals surface area (Å²) in [5.74, 6) is -0.732. The van der Waals surface area contributed by atoms with Gasteiger partial charge in [-0.2, -0.15) is 0 Å². The van der Waals surface area contributed by atoms with Crippen LogP contribution >= 0.6 is 0 Å². The molecule has 0 aliphatic carbocycles. The molecule has 148 valence electrons. The zero-order valence-electron chi connectivity index (χ0n) is 16.0. The molecule has 2 aromatic rings. The molecule has 2 aromatic carbocycles. The van der Waals surface area contributed by atoms with Crippen molar-refractivity contribution in [2.75, 3.05) is 25.0 Å². The van der Waals surface area contributed by atoms with E-state index in [-0.39, 0.29) is 23.6 Å². The van der Waals surface area contributed by atoms with E-state index in [1.807, 2.05) is 0 Å². The summed E-state index contributed by atoms with van der Waals surface area (Å²) in [6, 6.07) is 13.2. The van der Waals surface area contributed by atoms with Gasteiger partial charge < -0.3 is 10.1 Å².